The number of hydrogen-bond acceptors (Lipinski definition) is 6. The molecule has 1 atom stereocenters. The number of aromatic nitrogens is 3. The lowest BCUT2D eigenvalue weighted by Crippen LogP contribution is -2.39. The Morgan fingerprint density at radius 3 is 2.71 bits per heavy atom. The van der Waals surface area contributed by atoms with Gasteiger partial charge in [0.25, 0.3) is 5.91 Å². The van der Waals surface area contributed by atoms with Gasteiger partial charge in [-0.05, 0) is 59.1 Å². The van der Waals surface area contributed by atoms with E-state index in [2.05, 4.69) is 15.3 Å². The van der Waals surface area contributed by atoms with E-state index in [4.69, 9.17) is 16.3 Å². The topological polar surface area (TPSA) is 110 Å². The van der Waals surface area contributed by atoms with Crippen LogP contribution >= 0.6 is 11.6 Å². The number of pyridine rings is 1. The number of nitrogens with one attached hydrogen (secondary N) is 1. The average Bonchev–Trinajstić information content (AvgIpc) is 2.94. The molecule has 0 saturated carbocycles. The zero-order chi connectivity index (χ0) is 25.3. The summed E-state index contributed by atoms with van der Waals surface area (Å²) in [6.07, 6.45) is 3.65. The summed E-state index contributed by atoms with van der Waals surface area (Å²) in [7, 11) is 0. The Kier molecular flexibility index (Phi) is 6.89. The normalized spacial score (nSPS) is 16.7. The molecule has 10 heteroatoms. The molecule has 0 radical (unpaired) electrons. The fourth-order valence-electron chi connectivity index (χ4n) is 4.30. The molecular formula is C25H30ClN5O4. The van der Waals surface area contributed by atoms with E-state index in [1.807, 2.05) is 32.3 Å². The molecule has 3 heterocycles. The summed E-state index contributed by atoms with van der Waals surface area (Å²) >= 11 is 6.55. The number of likely N-dealkylation sites (tertiary alicyclic amines) is 1. The summed E-state index contributed by atoms with van der Waals surface area (Å²) in [4.78, 5) is 36.4. The highest BCUT2D eigenvalue weighted by Gasteiger charge is 2.30. The van der Waals surface area contributed by atoms with Crippen LogP contribution in [0.4, 0.5) is 10.7 Å². The van der Waals surface area contributed by atoms with Crippen LogP contribution in [-0.4, -0.2) is 55.2 Å². The Morgan fingerprint density at radius 1 is 1.23 bits per heavy atom. The molecule has 35 heavy (non-hydrogen) atoms. The number of ether oxygens (including phenoxy) is 1. The van der Waals surface area contributed by atoms with Crippen molar-refractivity contribution >= 4 is 40.6 Å². The maximum absolute atomic E-state index is 13.1. The molecular weight excluding hydrogens is 470 g/mol. The summed E-state index contributed by atoms with van der Waals surface area (Å²) in [6, 6.07) is 6.06. The predicted molar refractivity (Wildman–Crippen MR) is 134 cm³/mol. The van der Waals surface area contributed by atoms with Gasteiger partial charge in [0.2, 0.25) is 5.95 Å². The first-order valence-corrected chi connectivity index (χ1v) is 12.0. The molecule has 9 nitrogen and oxygen atoms in total. The Bertz CT molecular complexity index is 1270. The number of phenols is 1. The van der Waals surface area contributed by atoms with Crippen molar-refractivity contribution in [3.05, 3.63) is 46.7 Å². The number of phenolic OH excluding ortho intramolecular Hbond substituents is 1. The number of halogens is 1. The molecule has 1 aliphatic heterocycles. The molecule has 4 rings (SSSR count). The van der Waals surface area contributed by atoms with Gasteiger partial charge in [-0.25, -0.2) is 9.78 Å². The van der Waals surface area contributed by atoms with Crippen LogP contribution < -0.4 is 5.32 Å². The lowest BCUT2D eigenvalue weighted by Gasteiger charge is -2.29. The fraction of sp³-hybridized carbons (Fsp3) is 0.440. The van der Waals surface area contributed by atoms with E-state index in [1.165, 1.54) is 12.1 Å². The van der Waals surface area contributed by atoms with Crippen molar-refractivity contribution in [2.75, 3.05) is 18.4 Å². The van der Waals surface area contributed by atoms with Crippen LogP contribution in [0.15, 0.2) is 30.5 Å². The van der Waals surface area contributed by atoms with Gasteiger partial charge < -0.3 is 19.3 Å². The SMILES string of the molecule is Cc1cc(C(=O)Nc2nc3cc(O)cc(Cl)c3n2C2CCCCN(C(=O)OC(C)(C)C)C2)ccn1. The van der Waals surface area contributed by atoms with Gasteiger partial charge in [0, 0.05) is 42.7 Å². The summed E-state index contributed by atoms with van der Waals surface area (Å²) in [5, 5.41) is 13.3. The van der Waals surface area contributed by atoms with E-state index in [-0.39, 0.29) is 23.8 Å². The van der Waals surface area contributed by atoms with Crippen molar-refractivity contribution < 1.29 is 19.4 Å². The molecule has 1 aromatic carbocycles. The molecule has 2 aromatic heterocycles. The molecule has 1 fully saturated rings. The number of imidazole rings is 1. The molecule has 0 spiro atoms. The van der Waals surface area contributed by atoms with Gasteiger partial charge in [-0.3, -0.25) is 15.1 Å². The van der Waals surface area contributed by atoms with Crippen molar-refractivity contribution in [1.29, 1.82) is 0 Å². The first kappa shape index (κ1) is 24.8. The quantitative estimate of drug-likeness (QED) is 0.505. The van der Waals surface area contributed by atoms with Gasteiger partial charge in [0.05, 0.1) is 22.1 Å². The molecule has 2 N–H and O–H groups in total. The number of carbonyl (C=O) groups is 2. The number of fused-ring (bicyclic) bond motifs is 1. The number of aromatic hydroxyl groups is 1. The van der Waals surface area contributed by atoms with Gasteiger partial charge in [-0.15, -0.1) is 0 Å². The molecule has 1 unspecified atom stereocenters. The summed E-state index contributed by atoms with van der Waals surface area (Å²) in [6.45, 7) is 8.27. The van der Waals surface area contributed by atoms with Crippen molar-refractivity contribution in [2.45, 2.75) is 58.6 Å². The maximum atomic E-state index is 13.1. The zero-order valence-electron chi connectivity index (χ0n) is 20.3. The lowest BCUT2D eigenvalue weighted by molar-refractivity contribution is 0.0238. The number of carbonyl (C=O) groups excluding carboxylic acids is 2. The Morgan fingerprint density at radius 2 is 2.00 bits per heavy atom. The highest BCUT2D eigenvalue weighted by molar-refractivity contribution is 6.35. The molecule has 2 amide bonds. The first-order chi connectivity index (χ1) is 16.5. The van der Waals surface area contributed by atoms with Crippen LogP contribution in [-0.2, 0) is 4.74 Å². The number of benzene rings is 1. The van der Waals surface area contributed by atoms with Crippen LogP contribution in [0.25, 0.3) is 11.0 Å². The fourth-order valence-corrected chi connectivity index (χ4v) is 4.59. The van der Waals surface area contributed by atoms with E-state index in [0.29, 0.717) is 40.7 Å². The summed E-state index contributed by atoms with van der Waals surface area (Å²) in [5.41, 5.74) is 1.59. The standard InChI is InChI=1S/C25H30ClN5O4/c1-15-11-16(8-9-27-15)22(33)29-23-28-20-13-18(32)12-19(26)21(20)31(23)17-7-5-6-10-30(14-17)24(34)35-25(2,3)4/h8-9,11-13,17,32H,5-7,10,14H2,1-4H3,(H,28,29,33). The van der Waals surface area contributed by atoms with Crippen molar-refractivity contribution in [2.24, 2.45) is 0 Å². The molecule has 1 aliphatic rings. The second-order valence-electron chi connectivity index (χ2n) is 9.82. The second-order valence-corrected chi connectivity index (χ2v) is 10.2. The molecule has 3 aromatic rings. The number of rotatable bonds is 3. The number of amides is 2. The van der Waals surface area contributed by atoms with Crippen molar-refractivity contribution in [3.63, 3.8) is 0 Å². The van der Waals surface area contributed by atoms with E-state index < -0.39 is 5.60 Å². The van der Waals surface area contributed by atoms with Crippen LogP contribution in [0.2, 0.25) is 5.02 Å². The third kappa shape index (κ3) is 5.67. The molecule has 1 saturated heterocycles. The van der Waals surface area contributed by atoms with Crippen LogP contribution in [0.5, 0.6) is 5.75 Å². The number of anilines is 1. The average molecular weight is 500 g/mol. The largest absolute Gasteiger partial charge is 0.508 e. The third-order valence-electron chi connectivity index (χ3n) is 5.77. The van der Waals surface area contributed by atoms with Crippen molar-refractivity contribution in [1.82, 2.24) is 19.4 Å². The van der Waals surface area contributed by atoms with E-state index in [9.17, 15) is 14.7 Å². The third-order valence-corrected chi connectivity index (χ3v) is 6.06. The Hall–Kier alpha value is -3.33. The van der Waals surface area contributed by atoms with Crippen molar-refractivity contribution in [3.8, 4) is 5.75 Å². The molecule has 186 valence electrons. The number of aryl methyl sites for hydroxylation is 1. The minimum absolute atomic E-state index is 0.0222. The summed E-state index contributed by atoms with van der Waals surface area (Å²) in [5.74, 6) is -0.0703. The van der Waals surface area contributed by atoms with E-state index in [0.717, 1.165) is 25.0 Å². The predicted octanol–water partition coefficient (Wildman–Crippen LogP) is 5.31. The van der Waals surface area contributed by atoms with Crippen LogP contribution in [0.3, 0.4) is 0 Å². The zero-order valence-corrected chi connectivity index (χ0v) is 21.1. The highest BCUT2D eigenvalue weighted by atomic mass is 35.5. The Balaban J connectivity index is 1.74. The summed E-state index contributed by atoms with van der Waals surface area (Å²) < 4.78 is 7.48. The second kappa shape index (κ2) is 9.73. The van der Waals surface area contributed by atoms with Gasteiger partial charge >= 0.3 is 6.09 Å². The van der Waals surface area contributed by atoms with Gasteiger partial charge in [0.15, 0.2) is 0 Å². The number of hydrogen-bond donors (Lipinski definition) is 2. The smallest absolute Gasteiger partial charge is 0.410 e. The highest BCUT2D eigenvalue weighted by Crippen LogP contribution is 2.36. The van der Waals surface area contributed by atoms with Crippen LogP contribution in [0, 0.1) is 6.92 Å². The van der Waals surface area contributed by atoms with Gasteiger partial charge in [-0.1, -0.05) is 11.6 Å². The monoisotopic (exact) mass is 499 g/mol. The molecule has 0 aliphatic carbocycles. The van der Waals surface area contributed by atoms with E-state index in [1.54, 1.807) is 23.2 Å². The first-order valence-electron chi connectivity index (χ1n) is 11.6. The molecule has 0 bridgehead atoms. The van der Waals surface area contributed by atoms with E-state index >= 15 is 0 Å². The lowest BCUT2D eigenvalue weighted by atomic mass is 10.1. The minimum Gasteiger partial charge on any atom is -0.508 e. The van der Waals surface area contributed by atoms with Gasteiger partial charge in [0.1, 0.15) is 11.4 Å². The number of nitrogens with zero attached hydrogens (tertiary/aromatic N) is 4. The minimum atomic E-state index is -0.608. The van der Waals surface area contributed by atoms with Gasteiger partial charge in [-0.2, -0.15) is 0 Å². The van der Waals surface area contributed by atoms with Crippen LogP contribution in [0.1, 0.15) is 62.1 Å². The Labute approximate surface area is 209 Å². The maximum Gasteiger partial charge on any atom is 0.410 e.